The molecule has 0 spiro atoms. The molecule has 0 saturated heterocycles. The number of amides is 1. The highest BCUT2D eigenvalue weighted by atomic mass is 32.1. The van der Waals surface area contributed by atoms with Crippen LogP contribution in [0.25, 0.3) is 10.7 Å². The first-order valence-corrected chi connectivity index (χ1v) is 7.50. The van der Waals surface area contributed by atoms with Crippen molar-refractivity contribution < 1.29 is 9.18 Å². The molecule has 0 fully saturated rings. The highest BCUT2D eigenvalue weighted by Crippen LogP contribution is 2.21. The van der Waals surface area contributed by atoms with Crippen LogP contribution in [0.3, 0.4) is 0 Å². The summed E-state index contributed by atoms with van der Waals surface area (Å²) in [7, 11) is 0. The Bertz CT molecular complexity index is 789. The van der Waals surface area contributed by atoms with Crippen LogP contribution in [-0.2, 0) is 6.54 Å². The molecule has 1 N–H and O–H groups in total. The molecule has 0 saturated carbocycles. The van der Waals surface area contributed by atoms with Crippen LogP contribution in [-0.4, -0.2) is 15.9 Å². The molecule has 2 heterocycles. The SMILES string of the molecule is O=C(NCc1csc(-c2ccccn2)n1)c1ccccc1F. The van der Waals surface area contributed by atoms with E-state index < -0.39 is 11.7 Å². The highest BCUT2D eigenvalue weighted by Gasteiger charge is 2.11. The van der Waals surface area contributed by atoms with Gasteiger partial charge in [-0.2, -0.15) is 0 Å². The van der Waals surface area contributed by atoms with Crippen molar-refractivity contribution >= 4 is 17.2 Å². The van der Waals surface area contributed by atoms with Crippen LogP contribution < -0.4 is 5.32 Å². The van der Waals surface area contributed by atoms with Crippen LogP contribution in [0.15, 0.2) is 54.0 Å². The molecule has 22 heavy (non-hydrogen) atoms. The maximum absolute atomic E-state index is 13.5. The Morgan fingerprint density at radius 1 is 1.18 bits per heavy atom. The van der Waals surface area contributed by atoms with Crippen LogP contribution in [0, 0.1) is 5.82 Å². The zero-order valence-corrected chi connectivity index (χ0v) is 12.3. The normalized spacial score (nSPS) is 10.4. The molecule has 110 valence electrons. The zero-order chi connectivity index (χ0) is 15.4. The Morgan fingerprint density at radius 2 is 2.00 bits per heavy atom. The molecule has 0 aliphatic heterocycles. The lowest BCUT2D eigenvalue weighted by atomic mass is 10.2. The number of benzene rings is 1. The fraction of sp³-hybridized carbons (Fsp3) is 0.0625. The number of nitrogens with one attached hydrogen (secondary N) is 1. The van der Waals surface area contributed by atoms with Crippen LogP contribution >= 0.6 is 11.3 Å². The molecule has 0 unspecified atom stereocenters. The number of rotatable bonds is 4. The Kier molecular flexibility index (Phi) is 4.20. The number of carbonyl (C=O) groups is 1. The fourth-order valence-electron chi connectivity index (χ4n) is 1.91. The molecule has 1 aromatic carbocycles. The molecule has 0 aliphatic carbocycles. The third-order valence-electron chi connectivity index (χ3n) is 2.98. The van der Waals surface area contributed by atoms with E-state index in [9.17, 15) is 9.18 Å². The number of aromatic nitrogens is 2. The van der Waals surface area contributed by atoms with Crippen molar-refractivity contribution in [3.63, 3.8) is 0 Å². The Labute approximate surface area is 130 Å². The van der Waals surface area contributed by atoms with E-state index in [0.717, 1.165) is 16.4 Å². The van der Waals surface area contributed by atoms with Crippen molar-refractivity contribution in [1.82, 2.24) is 15.3 Å². The molecule has 4 nitrogen and oxygen atoms in total. The second kappa shape index (κ2) is 6.44. The lowest BCUT2D eigenvalue weighted by Gasteiger charge is -2.04. The Balaban J connectivity index is 1.67. The first kappa shape index (κ1) is 14.3. The van der Waals surface area contributed by atoms with Gasteiger partial charge in [0.1, 0.15) is 10.8 Å². The van der Waals surface area contributed by atoms with Gasteiger partial charge in [-0.05, 0) is 24.3 Å². The molecule has 0 atom stereocenters. The largest absolute Gasteiger partial charge is 0.346 e. The first-order valence-electron chi connectivity index (χ1n) is 6.62. The number of carbonyl (C=O) groups excluding carboxylic acids is 1. The number of hydrogen-bond acceptors (Lipinski definition) is 4. The molecule has 2 aromatic heterocycles. The van der Waals surface area contributed by atoms with Crippen LogP contribution in [0.5, 0.6) is 0 Å². The van der Waals surface area contributed by atoms with E-state index in [1.54, 1.807) is 18.3 Å². The summed E-state index contributed by atoms with van der Waals surface area (Å²) >= 11 is 1.45. The second-order valence-corrected chi connectivity index (χ2v) is 5.38. The van der Waals surface area contributed by atoms with Gasteiger partial charge < -0.3 is 5.32 Å². The Morgan fingerprint density at radius 3 is 2.77 bits per heavy atom. The maximum atomic E-state index is 13.5. The van der Waals surface area contributed by atoms with Gasteiger partial charge in [-0.1, -0.05) is 18.2 Å². The van der Waals surface area contributed by atoms with Gasteiger partial charge in [0.25, 0.3) is 5.91 Å². The van der Waals surface area contributed by atoms with Crippen molar-refractivity contribution in [2.24, 2.45) is 0 Å². The van der Waals surface area contributed by atoms with Gasteiger partial charge in [0.2, 0.25) is 0 Å². The number of hydrogen-bond donors (Lipinski definition) is 1. The van der Waals surface area contributed by atoms with Gasteiger partial charge in [0.05, 0.1) is 23.5 Å². The van der Waals surface area contributed by atoms with Crippen molar-refractivity contribution in [3.05, 3.63) is 71.1 Å². The van der Waals surface area contributed by atoms with Gasteiger partial charge in [-0.25, -0.2) is 9.37 Å². The van der Waals surface area contributed by atoms with E-state index in [4.69, 9.17) is 0 Å². The van der Waals surface area contributed by atoms with Gasteiger partial charge >= 0.3 is 0 Å². The third-order valence-corrected chi connectivity index (χ3v) is 3.90. The summed E-state index contributed by atoms with van der Waals surface area (Å²) in [4.78, 5) is 20.6. The van der Waals surface area contributed by atoms with Crippen LogP contribution in [0.2, 0.25) is 0 Å². The van der Waals surface area contributed by atoms with Gasteiger partial charge in [0.15, 0.2) is 0 Å². The van der Waals surface area contributed by atoms with E-state index in [1.165, 1.54) is 23.5 Å². The van der Waals surface area contributed by atoms with E-state index in [2.05, 4.69) is 15.3 Å². The predicted octanol–water partition coefficient (Wildman–Crippen LogP) is 3.27. The second-order valence-electron chi connectivity index (χ2n) is 4.52. The standard InChI is InChI=1S/C16H12FN3OS/c17-13-6-2-1-5-12(13)15(21)19-9-11-10-22-16(20-11)14-7-3-4-8-18-14/h1-8,10H,9H2,(H,19,21). The van der Waals surface area contributed by atoms with Gasteiger partial charge in [-0.3, -0.25) is 9.78 Å². The number of nitrogens with zero attached hydrogens (tertiary/aromatic N) is 2. The van der Waals surface area contributed by atoms with E-state index in [0.29, 0.717) is 0 Å². The summed E-state index contributed by atoms with van der Waals surface area (Å²) in [5, 5.41) is 5.31. The molecule has 1 amide bonds. The molecule has 0 aliphatic rings. The van der Waals surface area contributed by atoms with Crippen LogP contribution in [0.1, 0.15) is 16.1 Å². The molecule has 0 radical (unpaired) electrons. The minimum atomic E-state index is -0.535. The summed E-state index contributed by atoms with van der Waals surface area (Å²) in [5.74, 6) is -0.988. The average Bonchev–Trinajstić information content (AvgIpc) is 3.03. The molecule has 6 heteroatoms. The van der Waals surface area contributed by atoms with Crippen molar-refractivity contribution in [3.8, 4) is 10.7 Å². The number of thiazole rings is 1. The molecule has 0 bridgehead atoms. The maximum Gasteiger partial charge on any atom is 0.254 e. The van der Waals surface area contributed by atoms with Gasteiger partial charge in [-0.15, -0.1) is 11.3 Å². The summed E-state index contributed by atoms with van der Waals surface area (Å²) in [6.07, 6.45) is 1.70. The van der Waals surface area contributed by atoms with Crippen molar-refractivity contribution in [2.45, 2.75) is 6.54 Å². The molecule has 3 rings (SSSR count). The number of halogens is 1. The van der Waals surface area contributed by atoms with Crippen molar-refractivity contribution in [1.29, 1.82) is 0 Å². The minimum absolute atomic E-state index is 0.0303. The Hall–Kier alpha value is -2.60. The van der Waals surface area contributed by atoms with E-state index >= 15 is 0 Å². The smallest absolute Gasteiger partial charge is 0.254 e. The third kappa shape index (κ3) is 3.17. The monoisotopic (exact) mass is 313 g/mol. The fourth-order valence-corrected chi connectivity index (χ4v) is 2.70. The topological polar surface area (TPSA) is 54.9 Å². The first-order chi connectivity index (χ1) is 10.7. The quantitative estimate of drug-likeness (QED) is 0.804. The van der Waals surface area contributed by atoms with E-state index in [1.807, 2.05) is 23.6 Å². The number of pyridine rings is 1. The van der Waals surface area contributed by atoms with E-state index in [-0.39, 0.29) is 12.1 Å². The summed E-state index contributed by atoms with van der Waals surface area (Å²) in [6, 6.07) is 11.5. The summed E-state index contributed by atoms with van der Waals surface area (Å²) < 4.78 is 13.5. The zero-order valence-electron chi connectivity index (χ0n) is 11.5. The van der Waals surface area contributed by atoms with Crippen molar-refractivity contribution in [2.75, 3.05) is 0 Å². The summed E-state index contributed by atoms with van der Waals surface area (Å²) in [6.45, 7) is 0.247. The van der Waals surface area contributed by atoms with Crippen LogP contribution in [0.4, 0.5) is 4.39 Å². The lowest BCUT2D eigenvalue weighted by molar-refractivity contribution is 0.0946. The minimum Gasteiger partial charge on any atom is -0.346 e. The lowest BCUT2D eigenvalue weighted by Crippen LogP contribution is -2.23. The molecular weight excluding hydrogens is 301 g/mol. The molecule has 3 aromatic rings. The average molecular weight is 313 g/mol. The molecular formula is C16H12FN3OS. The van der Waals surface area contributed by atoms with Gasteiger partial charge in [0, 0.05) is 11.6 Å². The highest BCUT2D eigenvalue weighted by molar-refractivity contribution is 7.13. The summed E-state index contributed by atoms with van der Waals surface area (Å²) in [5.41, 5.74) is 1.54. The predicted molar refractivity (Wildman–Crippen MR) is 82.9 cm³/mol.